The number of ether oxygens (including phenoxy) is 3. The zero-order valence-corrected chi connectivity index (χ0v) is 16.2. The van der Waals surface area contributed by atoms with Crippen LogP contribution < -0.4 is 9.47 Å². The number of likely N-dealkylation sites (tertiary alicyclic amines) is 1. The molecule has 148 valence electrons. The Balaban J connectivity index is 1.50. The first-order valence-corrected chi connectivity index (χ1v) is 9.31. The quantitative estimate of drug-likeness (QED) is 0.688. The SMILES string of the molecule is COC(=O)c1cccc(CC2CCN(C(=O)COc3cccc(OC)c3)C2)c1. The maximum absolute atomic E-state index is 12.5. The fourth-order valence-electron chi connectivity index (χ4n) is 3.43. The summed E-state index contributed by atoms with van der Waals surface area (Å²) in [6.45, 7) is 1.43. The topological polar surface area (TPSA) is 65.1 Å². The predicted octanol–water partition coefficient (Wildman–Crippen LogP) is 2.95. The number of rotatable bonds is 7. The third-order valence-corrected chi connectivity index (χ3v) is 4.91. The van der Waals surface area contributed by atoms with Gasteiger partial charge in [0.05, 0.1) is 19.8 Å². The molecular weight excluding hydrogens is 358 g/mol. The molecule has 0 aliphatic carbocycles. The highest BCUT2D eigenvalue weighted by Crippen LogP contribution is 2.23. The van der Waals surface area contributed by atoms with Crippen molar-refractivity contribution in [1.29, 1.82) is 0 Å². The van der Waals surface area contributed by atoms with Crippen LogP contribution in [0.15, 0.2) is 48.5 Å². The number of benzene rings is 2. The lowest BCUT2D eigenvalue weighted by molar-refractivity contribution is -0.132. The van der Waals surface area contributed by atoms with E-state index in [1.807, 2.05) is 35.2 Å². The first-order valence-electron chi connectivity index (χ1n) is 9.31. The van der Waals surface area contributed by atoms with Gasteiger partial charge in [0.15, 0.2) is 6.61 Å². The van der Waals surface area contributed by atoms with E-state index in [0.29, 0.717) is 29.5 Å². The number of methoxy groups -OCH3 is 2. The van der Waals surface area contributed by atoms with Gasteiger partial charge in [-0.2, -0.15) is 0 Å². The van der Waals surface area contributed by atoms with Gasteiger partial charge in [-0.05, 0) is 48.6 Å². The zero-order chi connectivity index (χ0) is 19.9. The van der Waals surface area contributed by atoms with Crippen molar-refractivity contribution in [2.75, 3.05) is 33.9 Å². The molecule has 28 heavy (non-hydrogen) atoms. The van der Waals surface area contributed by atoms with Crippen LogP contribution in [0.2, 0.25) is 0 Å². The molecule has 0 saturated carbocycles. The maximum atomic E-state index is 12.5. The van der Waals surface area contributed by atoms with Gasteiger partial charge in [-0.25, -0.2) is 4.79 Å². The third-order valence-electron chi connectivity index (χ3n) is 4.91. The monoisotopic (exact) mass is 383 g/mol. The standard InChI is InChI=1S/C22H25NO5/c1-26-19-7-4-8-20(13-19)28-15-21(24)23-10-9-17(14-23)11-16-5-3-6-18(12-16)22(25)27-2/h3-8,12-13,17H,9-11,14-15H2,1-2H3. The number of hydrogen-bond donors (Lipinski definition) is 0. The highest BCUT2D eigenvalue weighted by Gasteiger charge is 2.26. The first kappa shape index (κ1) is 19.7. The Bertz CT molecular complexity index is 835. The van der Waals surface area contributed by atoms with E-state index < -0.39 is 0 Å². The van der Waals surface area contributed by atoms with Crippen LogP contribution in [0.4, 0.5) is 0 Å². The fraction of sp³-hybridized carbons (Fsp3) is 0.364. The summed E-state index contributed by atoms with van der Waals surface area (Å²) in [5.74, 6) is 1.32. The second-order valence-electron chi connectivity index (χ2n) is 6.86. The van der Waals surface area contributed by atoms with E-state index in [4.69, 9.17) is 14.2 Å². The summed E-state index contributed by atoms with van der Waals surface area (Å²) in [7, 11) is 2.97. The average Bonchev–Trinajstić information content (AvgIpc) is 3.20. The van der Waals surface area contributed by atoms with Crippen LogP contribution in [0.3, 0.4) is 0 Å². The summed E-state index contributed by atoms with van der Waals surface area (Å²) >= 11 is 0. The Morgan fingerprint density at radius 1 is 1.07 bits per heavy atom. The van der Waals surface area contributed by atoms with Crippen LogP contribution in [-0.2, 0) is 16.0 Å². The Kier molecular flexibility index (Phi) is 6.53. The molecule has 6 heteroatoms. The van der Waals surface area contributed by atoms with Crippen LogP contribution in [0, 0.1) is 5.92 Å². The van der Waals surface area contributed by atoms with Crippen molar-refractivity contribution in [3.63, 3.8) is 0 Å². The molecule has 1 aliphatic rings. The molecule has 1 saturated heterocycles. The molecule has 1 aliphatic heterocycles. The van der Waals surface area contributed by atoms with Gasteiger partial charge in [0.1, 0.15) is 11.5 Å². The van der Waals surface area contributed by atoms with Crippen molar-refractivity contribution in [2.45, 2.75) is 12.8 Å². The molecule has 0 spiro atoms. The summed E-state index contributed by atoms with van der Waals surface area (Å²) in [5.41, 5.74) is 1.63. The van der Waals surface area contributed by atoms with Crippen molar-refractivity contribution in [2.24, 2.45) is 5.92 Å². The minimum absolute atomic E-state index is 0.0116. The lowest BCUT2D eigenvalue weighted by Crippen LogP contribution is -2.33. The Morgan fingerprint density at radius 2 is 1.86 bits per heavy atom. The van der Waals surface area contributed by atoms with Gasteiger partial charge in [-0.15, -0.1) is 0 Å². The Hall–Kier alpha value is -3.02. The molecule has 2 aromatic rings. The minimum atomic E-state index is -0.334. The summed E-state index contributed by atoms with van der Waals surface area (Å²) in [6, 6.07) is 14.7. The number of esters is 1. The molecule has 1 fully saturated rings. The highest BCUT2D eigenvalue weighted by atomic mass is 16.5. The molecule has 0 radical (unpaired) electrons. The second kappa shape index (κ2) is 9.26. The second-order valence-corrected chi connectivity index (χ2v) is 6.86. The summed E-state index contributed by atoms with van der Waals surface area (Å²) in [6.07, 6.45) is 1.76. The number of amides is 1. The molecule has 1 unspecified atom stereocenters. The van der Waals surface area contributed by atoms with E-state index in [1.54, 1.807) is 25.3 Å². The molecule has 0 bridgehead atoms. The molecule has 0 N–H and O–H groups in total. The third kappa shape index (κ3) is 5.03. The molecule has 1 amide bonds. The molecule has 1 atom stereocenters. The van der Waals surface area contributed by atoms with Gasteiger partial charge >= 0.3 is 5.97 Å². The van der Waals surface area contributed by atoms with E-state index in [-0.39, 0.29) is 18.5 Å². The minimum Gasteiger partial charge on any atom is -0.497 e. The smallest absolute Gasteiger partial charge is 0.337 e. The number of carbonyl (C=O) groups is 2. The number of hydrogen-bond acceptors (Lipinski definition) is 5. The van der Waals surface area contributed by atoms with Gasteiger partial charge in [0.2, 0.25) is 0 Å². The Labute approximate surface area is 165 Å². The van der Waals surface area contributed by atoms with Gasteiger partial charge in [-0.3, -0.25) is 4.79 Å². The van der Waals surface area contributed by atoms with Crippen molar-refractivity contribution in [3.05, 3.63) is 59.7 Å². The van der Waals surface area contributed by atoms with Gasteiger partial charge in [-0.1, -0.05) is 18.2 Å². The maximum Gasteiger partial charge on any atom is 0.337 e. The lowest BCUT2D eigenvalue weighted by atomic mass is 9.97. The predicted molar refractivity (Wildman–Crippen MR) is 105 cm³/mol. The van der Waals surface area contributed by atoms with E-state index in [9.17, 15) is 9.59 Å². The first-order chi connectivity index (χ1) is 13.6. The van der Waals surface area contributed by atoms with Crippen LogP contribution in [0.1, 0.15) is 22.3 Å². The summed E-state index contributed by atoms with van der Waals surface area (Å²) < 4.78 is 15.5. The van der Waals surface area contributed by atoms with Crippen molar-refractivity contribution < 1.29 is 23.8 Å². The van der Waals surface area contributed by atoms with E-state index >= 15 is 0 Å². The molecule has 6 nitrogen and oxygen atoms in total. The van der Waals surface area contributed by atoms with Crippen LogP contribution in [0.25, 0.3) is 0 Å². The van der Waals surface area contributed by atoms with Crippen molar-refractivity contribution in [1.82, 2.24) is 4.90 Å². The van der Waals surface area contributed by atoms with Crippen molar-refractivity contribution in [3.8, 4) is 11.5 Å². The van der Waals surface area contributed by atoms with Crippen LogP contribution in [0.5, 0.6) is 11.5 Å². The van der Waals surface area contributed by atoms with Crippen LogP contribution in [-0.4, -0.2) is 50.7 Å². The van der Waals surface area contributed by atoms with Gasteiger partial charge in [0, 0.05) is 19.2 Å². The molecular formula is C22H25NO5. The Morgan fingerprint density at radius 3 is 2.64 bits per heavy atom. The summed E-state index contributed by atoms with van der Waals surface area (Å²) in [5, 5.41) is 0. The molecule has 0 aromatic heterocycles. The van der Waals surface area contributed by atoms with E-state index in [2.05, 4.69) is 0 Å². The van der Waals surface area contributed by atoms with Crippen molar-refractivity contribution >= 4 is 11.9 Å². The largest absolute Gasteiger partial charge is 0.497 e. The molecule has 3 rings (SSSR count). The van der Waals surface area contributed by atoms with Crippen LogP contribution >= 0.6 is 0 Å². The highest BCUT2D eigenvalue weighted by molar-refractivity contribution is 5.89. The molecule has 2 aromatic carbocycles. The molecule has 1 heterocycles. The number of nitrogens with zero attached hydrogens (tertiary/aromatic N) is 1. The van der Waals surface area contributed by atoms with Gasteiger partial charge in [0.25, 0.3) is 5.91 Å². The van der Waals surface area contributed by atoms with E-state index in [0.717, 1.165) is 24.9 Å². The number of carbonyl (C=O) groups excluding carboxylic acids is 2. The van der Waals surface area contributed by atoms with Gasteiger partial charge < -0.3 is 19.1 Å². The average molecular weight is 383 g/mol. The fourth-order valence-corrected chi connectivity index (χ4v) is 3.43. The zero-order valence-electron chi connectivity index (χ0n) is 16.2. The lowest BCUT2D eigenvalue weighted by Gasteiger charge is -2.17. The summed E-state index contributed by atoms with van der Waals surface area (Å²) in [4.78, 5) is 26.0. The van der Waals surface area contributed by atoms with E-state index in [1.165, 1.54) is 7.11 Å². The normalized spacial score (nSPS) is 15.9.